The van der Waals surface area contributed by atoms with Crippen LogP contribution in [-0.4, -0.2) is 42.3 Å². The molecule has 1 N–H and O–H groups in total. The molecule has 1 aliphatic heterocycles. The maximum atomic E-state index is 5.52. The second kappa shape index (κ2) is 7.43. The van der Waals surface area contributed by atoms with Crippen LogP contribution >= 0.6 is 0 Å². The van der Waals surface area contributed by atoms with Crippen LogP contribution in [0.3, 0.4) is 0 Å². The first kappa shape index (κ1) is 15.0. The summed E-state index contributed by atoms with van der Waals surface area (Å²) < 4.78 is 5.52. The minimum Gasteiger partial charge on any atom is -0.478 e. The standard InChI is InChI=1S/C15H26N4O/c1-4-19(11-13-8-6-7-9-16-13)14-10-15(20-5-2)18-12(3)17-14/h10,13,16H,4-9,11H2,1-3H3. The van der Waals surface area contributed by atoms with Gasteiger partial charge in [0.05, 0.1) is 6.61 Å². The summed E-state index contributed by atoms with van der Waals surface area (Å²) >= 11 is 0. The van der Waals surface area contributed by atoms with Crippen LogP contribution in [0.4, 0.5) is 5.82 Å². The largest absolute Gasteiger partial charge is 0.478 e. The highest BCUT2D eigenvalue weighted by Crippen LogP contribution is 2.19. The van der Waals surface area contributed by atoms with E-state index in [4.69, 9.17) is 4.74 Å². The third-order valence-corrected chi connectivity index (χ3v) is 3.65. The third kappa shape index (κ3) is 4.07. The number of aryl methyl sites for hydroxylation is 1. The smallest absolute Gasteiger partial charge is 0.218 e. The Labute approximate surface area is 121 Å². The molecule has 0 spiro atoms. The molecule has 5 heteroatoms. The summed E-state index contributed by atoms with van der Waals surface area (Å²) in [5.74, 6) is 2.40. The molecule has 1 aromatic heterocycles. The SMILES string of the molecule is CCOc1cc(N(CC)CC2CCCCN2)nc(C)n1. The number of rotatable bonds is 6. The van der Waals surface area contributed by atoms with Gasteiger partial charge in [-0.15, -0.1) is 0 Å². The Bertz CT molecular complexity index is 418. The third-order valence-electron chi connectivity index (χ3n) is 3.65. The molecule has 1 unspecified atom stereocenters. The van der Waals surface area contributed by atoms with E-state index in [0.717, 1.165) is 31.3 Å². The van der Waals surface area contributed by atoms with Gasteiger partial charge in [-0.1, -0.05) is 6.42 Å². The van der Waals surface area contributed by atoms with E-state index < -0.39 is 0 Å². The van der Waals surface area contributed by atoms with Gasteiger partial charge in [0.1, 0.15) is 11.6 Å². The van der Waals surface area contributed by atoms with Crippen LogP contribution in [0, 0.1) is 6.92 Å². The average Bonchev–Trinajstić information content (AvgIpc) is 2.45. The molecule has 2 heterocycles. The molecular formula is C15H26N4O. The van der Waals surface area contributed by atoms with E-state index in [1.807, 2.05) is 19.9 Å². The van der Waals surface area contributed by atoms with Gasteiger partial charge < -0.3 is 15.0 Å². The van der Waals surface area contributed by atoms with E-state index in [0.29, 0.717) is 18.5 Å². The number of aromatic nitrogens is 2. The second-order valence-electron chi connectivity index (χ2n) is 5.23. The van der Waals surface area contributed by atoms with Crippen LogP contribution in [0.5, 0.6) is 5.88 Å². The van der Waals surface area contributed by atoms with Crippen molar-refractivity contribution in [1.82, 2.24) is 15.3 Å². The van der Waals surface area contributed by atoms with Gasteiger partial charge in [0.25, 0.3) is 0 Å². The van der Waals surface area contributed by atoms with Crippen molar-refractivity contribution in [2.75, 3.05) is 31.1 Å². The fraction of sp³-hybridized carbons (Fsp3) is 0.733. The number of anilines is 1. The number of hydrogen-bond acceptors (Lipinski definition) is 5. The normalized spacial score (nSPS) is 18.9. The first-order valence-corrected chi connectivity index (χ1v) is 7.69. The lowest BCUT2D eigenvalue weighted by molar-refractivity contribution is 0.325. The molecule has 0 aliphatic carbocycles. The van der Waals surface area contributed by atoms with Crippen LogP contribution in [0.25, 0.3) is 0 Å². The molecule has 5 nitrogen and oxygen atoms in total. The van der Waals surface area contributed by atoms with Gasteiger partial charge in [-0.25, -0.2) is 4.98 Å². The van der Waals surface area contributed by atoms with Crippen LogP contribution in [0.2, 0.25) is 0 Å². The highest BCUT2D eigenvalue weighted by molar-refractivity contribution is 5.42. The number of piperidine rings is 1. The van der Waals surface area contributed by atoms with Gasteiger partial charge in [-0.2, -0.15) is 4.98 Å². The molecule has 2 rings (SSSR count). The zero-order chi connectivity index (χ0) is 14.4. The van der Waals surface area contributed by atoms with Crippen molar-refractivity contribution in [1.29, 1.82) is 0 Å². The Morgan fingerprint density at radius 2 is 2.20 bits per heavy atom. The Hall–Kier alpha value is -1.36. The number of likely N-dealkylation sites (N-methyl/N-ethyl adjacent to an activating group) is 1. The number of nitrogens with zero attached hydrogens (tertiary/aromatic N) is 3. The predicted octanol–water partition coefficient (Wildman–Crippen LogP) is 2.15. The zero-order valence-electron chi connectivity index (χ0n) is 12.9. The summed E-state index contributed by atoms with van der Waals surface area (Å²) in [6.45, 7) is 9.76. The fourth-order valence-corrected chi connectivity index (χ4v) is 2.64. The Morgan fingerprint density at radius 1 is 1.35 bits per heavy atom. The van der Waals surface area contributed by atoms with Crippen LogP contribution < -0.4 is 15.0 Å². The molecule has 20 heavy (non-hydrogen) atoms. The topological polar surface area (TPSA) is 50.3 Å². The number of hydrogen-bond donors (Lipinski definition) is 1. The lowest BCUT2D eigenvalue weighted by Crippen LogP contribution is -2.44. The van der Waals surface area contributed by atoms with Crippen molar-refractivity contribution >= 4 is 5.82 Å². The highest BCUT2D eigenvalue weighted by atomic mass is 16.5. The zero-order valence-corrected chi connectivity index (χ0v) is 12.9. The molecule has 1 aliphatic rings. The van der Waals surface area contributed by atoms with Gasteiger partial charge in [-0.05, 0) is 40.2 Å². The minimum atomic E-state index is 0.564. The molecule has 0 saturated carbocycles. The van der Waals surface area contributed by atoms with Crippen molar-refractivity contribution in [3.05, 3.63) is 11.9 Å². The molecule has 0 aromatic carbocycles. The fourth-order valence-electron chi connectivity index (χ4n) is 2.64. The summed E-state index contributed by atoms with van der Waals surface area (Å²) in [5, 5.41) is 3.59. The lowest BCUT2D eigenvalue weighted by Gasteiger charge is -2.30. The first-order chi connectivity index (χ1) is 9.72. The lowest BCUT2D eigenvalue weighted by atomic mass is 10.0. The monoisotopic (exact) mass is 278 g/mol. The second-order valence-corrected chi connectivity index (χ2v) is 5.23. The van der Waals surface area contributed by atoms with Gasteiger partial charge in [0, 0.05) is 25.2 Å². The molecule has 1 aromatic rings. The summed E-state index contributed by atoms with van der Waals surface area (Å²) in [6.07, 6.45) is 3.87. The first-order valence-electron chi connectivity index (χ1n) is 7.69. The number of nitrogens with one attached hydrogen (secondary N) is 1. The van der Waals surface area contributed by atoms with Crippen molar-refractivity contribution in [2.45, 2.75) is 46.1 Å². The molecule has 112 valence electrons. The summed E-state index contributed by atoms with van der Waals surface area (Å²) in [5.41, 5.74) is 0. The average molecular weight is 278 g/mol. The van der Waals surface area contributed by atoms with Crippen molar-refractivity contribution in [2.24, 2.45) is 0 Å². The van der Waals surface area contributed by atoms with E-state index in [1.54, 1.807) is 0 Å². The van der Waals surface area contributed by atoms with E-state index >= 15 is 0 Å². The molecular weight excluding hydrogens is 252 g/mol. The van der Waals surface area contributed by atoms with E-state index in [9.17, 15) is 0 Å². The van der Waals surface area contributed by atoms with Crippen molar-refractivity contribution in [3.63, 3.8) is 0 Å². The summed E-state index contributed by atoms with van der Waals surface area (Å²) in [6, 6.07) is 2.51. The van der Waals surface area contributed by atoms with Crippen LogP contribution in [0.15, 0.2) is 6.07 Å². The van der Waals surface area contributed by atoms with Gasteiger partial charge in [0.2, 0.25) is 5.88 Å². The van der Waals surface area contributed by atoms with Crippen molar-refractivity contribution in [3.8, 4) is 5.88 Å². The van der Waals surface area contributed by atoms with Crippen LogP contribution in [0.1, 0.15) is 38.9 Å². The molecule has 0 amide bonds. The van der Waals surface area contributed by atoms with Gasteiger partial charge in [0.15, 0.2) is 0 Å². The van der Waals surface area contributed by atoms with Crippen molar-refractivity contribution < 1.29 is 4.74 Å². The number of ether oxygens (including phenoxy) is 1. The van der Waals surface area contributed by atoms with E-state index in [1.165, 1.54) is 19.3 Å². The minimum absolute atomic E-state index is 0.564. The Balaban J connectivity index is 2.09. The Kier molecular flexibility index (Phi) is 5.59. The Morgan fingerprint density at radius 3 is 2.85 bits per heavy atom. The maximum absolute atomic E-state index is 5.52. The van der Waals surface area contributed by atoms with E-state index in [2.05, 4.69) is 27.1 Å². The van der Waals surface area contributed by atoms with Gasteiger partial charge in [-0.3, -0.25) is 0 Å². The molecule has 1 fully saturated rings. The van der Waals surface area contributed by atoms with E-state index in [-0.39, 0.29) is 0 Å². The maximum Gasteiger partial charge on any atom is 0.218 e. The molecule has 1 atom stereocenters. The summed E-state index contributed by atoms with van der Waals surface area (Å²) in [4.78, 5) is 11.2. The predicted molar refractivity (Wildman–Crippen MR) is 81.5 cm³/mol. The van der Waals surface area contributed by atoms with Crippen LogP contribution in [-0.2, 0) is 0 Å². The van der Waals surface area contributed by atoms with Gasteiger partial charge >= 0.3 is 0 Å². The molecule has 0 radical (unpaired) electrons. The quantitative estimate of drug-likeness (QED) is 0.864. The summed E-state index contributed by atoms with van der Waals surface area (Å²) in [7, 11) is 0. The highest BCUT2D eigenvalue weighted by Gasteiger charge is 2.17. The molecule has 0 bridgehead atoms. The molecule has 1 saturated heterocycles.